The van der Waals surface area contributed by atoms with Crippen molar-refractivity contribution < 1.29 is 17.9 Å². The highest BCUT2D eigenvalue weighted by Gasteiger charge is 2.14. The van der Waals surface area contributed by atoms with Crippen molar-refractivity contribution in [2.75, 3.05) is 25.1 Å². The van der Waals surface area contributed by atoms with Crippen LogP contribution in [0.1, 0.15) is 0 Å². The van der Waals surface area contributed by atoms with Crippen LogP contribution in [-0.2, 0) is 19.6 Å². The summed E-state index contributed by atoms with van der Waals surface area (Å²) in [6.07, 6.45) is 0. The summed E-state index contributed by atoms with van der Waals surface area (Å²) in [5.74, 6) is -0.473. The van der Waals surface area contributed by atoms with E-state index in [9.17, 15) is 13.2 Å². The molecule has 100 valence electrons. The number of primary sulfonamides is 1. The molecule has 0 radical (unpaired) electrons. The lowest BCUT2D eigenvalue weighted by atomic mass is 10.3. The first-order valence-corrected chi connectivity index (χ1v) is 6.69. The van der Waals surface area contributed by atoms with Gasteiger partial charge >= 0.3 is 0 Å². The smallest absolute Gasteiger partial charge is 0.250 e. The molecule has 1 aromatic carbocycles. The zero-order chi connectivity index (χ0) is 13.6. The van der Waals surface area contributed by atoms with Crippen molar-refractivity contribution in [3.8, 4) is 0 Å². The van der Waals surface area contributed by atoms with Crippen molar-refractivity contribution in [3.63, 3.8) is 0 Å². The van der Waals surface area contributed by atoms with Gasteiger partial charge in [-0.3, -0.25) is 4.79 Å². The maximum Gasteiger partial charge on any atom is 0.250 e. The van der Waals surface area contributed by atoms with Crippen molar-refractivity contribution in [1.29, 1.82) is 0 Å². The number of rotatable bonds is 6. The summed E-state index contributed by atoms with van der Waals surface area (Å²) in [4.78, 5) is 11.3. The predicted molar refractivity (Wildman–Crippen MR) is 66.3 cm³/mol. The van der Waals surface area contributed by atoms with Crippen molar-refractivity contribution in [3.05, 3.63) is 24.3 Å². The van der Waals surface area contributed by atoms with E-state index in [-0.39, 0.29) is 23.8 Å². The third-order valence-electron chi connectivity index (χ3n) is 1.96. The van der Waals surface area contributed by atoms with Gasteiger partial charge in [-0.1, -0.05) is 12.1 Å². The molecule has 0 aliphatic heterocycles. The lowest BCUT2D eigenvalue weighted by molar-refractivity contribution is -0.120. The van der Waals surface area contributed by atoms with Crippen LogP contribution in [0.25, 0.3) is 0 Å². The molecule has 0 aliphatic carbocycles. The number of hydrogen-bond donors (Lipinski definition) is 3. The molecule has 7 nitrogen and oxygen atoms in total. The minimum absolute atomic E-state index is 0.126. The summed E-state index contributed by atoms with van der Waals surface area (Å²) in [6.45, 7) is 0.363. The van der Waals surface area contributed by atoms with Gasteiger partial charge in [0.1, 0.15) is 11.5 Å². The third-order valence-corrected chi connectivity index (χ3v) is 2.93. The van der Waals surface area contributed by atoms with Gasteiger partial charge in [0, 0.05) is 6.54 Å². The number of hydrogen-bond acceptors (Lipinski definition) is 5. The Labute approximate surface area is 105 Å². The average Bonchev–Trinajstić information content (AvgIpc) is 2.28. The van der Waals surface area contributed by atoms with Gasteiger partial charge in [-0.25, -0.2) is 13.6 Å². The largest absolute Gasteiger partial charge is 0.370 e. The highest BCUT2D eigenvalue weighted by atomic mass is 32.2. The summed E-state index contributed by atoms with van der Waals surface area (Å²) in [6, 6.07) is 5.86. The summed E-state index contributed by atoms with van der Waals surface area (Å²) >= 11 is 0. The molecule has 0 unspecified atom stereocenters. The molecule has 0 atom stereocenters. The zero-order valence-electron chi connectivity index (χ0n) is 9.63. The molecule has 1 aromatic rings. The second-order valence-corrected chi connectivity index (χ2v) is 4.96. The molecule has 0 bridgehead atoms. The summed E-state index contributed by atoms with van der Waals surface area (Å²) in [5, 5.41) is 7.44. The van der Waals surface area contributed by atoms with Gasteiger partial charge in [0.05, 0.1) is 12.3 Å². The minimum Gasteiger partial charge on any atom is -0.370 e. The molecule has 0 aromatic heterocycles. The molecule has 0 fully saturated rings. The van der Waals surface area contributed by atoms with Gasteiger partial charge < -0.3 is 15.8 Å². The third kappa shape index (κ3) is 4.41. The number of nitrogens with two attached hydrogens (primary N) is 2. The fourth-order valence-electron chi connectivity index (χ4n) is 1.25. The molecule has 1 amide bonds. The Hall–Kier alpha value is -1.48. The van der Waals surface area contributed by atoms with E-state index < -0.39 is 15.9 Å². The fraction of sp³-hybridized carbons (Fsp3) is 0.300. The van der Waals surface area contributed by atoms with Crippen LogP contribution in [0.2, 0.25) is 0 Å². The van der Waals surface area contributed by atoms with Gasteiger partial charge in [-0.05, 0) is 12.1 Å². The first-order chi connectivity index (χ1) is 8.45. The molecule has 1 rings (SSSR count). The van der Waals surface area contributed by atoms with Crippen LogP contribution < -0.4 is 16.2 Å². The normalized spacial score (nSPS) is 11.2. The number of amides is 1. The second-order valence-electron chi connectivity index (χ2n) is 3.43. The van der Waals surface area contributed by atoms with Crippen LogP contribution in [0.4, 0.5) is 5.69 Å². The number of anilines is 1. The Morgan fingerprint density at radius 2 is 2.00 bits per heavy atom. The monoisotopic (exact) mass is 273 g/mol. The highest BCUT2D eigenvalue weighted by molar-refractivity contribution is 7.89. The van der Waals surface area contributed by atoms with Crippen molar-refractivity contribution in [2.45, 2.75) is 4.90 Å². The molecule has 0 spiro atoms. The number of benzene rings is 1. The number of carbonyl (C=O) groups is 1. The Morgan fingerprint density at radius 3 is 2.61 bits per heavy atom. The van der Waals surface area contributed by atoms with Crippen LogP contribution in [0.3, 0.4) is 0 Å². The minimum atomic E-state index is -3.88. The van der Waals surface area contributed by atoms with E-state index in [1.807, 2.05) is 0 Å². The van der Waals surface area contributed by atoms with E-state index in [1.165, 1.54) is 18.2 Å². The lowest BCUT2D eigenvalue weighted by Gasteiger charge is -2.09. The van der Waals surface area contributed by atoms with Gasteiger partial charge in [-0.2, -0.15) is 0 Å². The van der Waals surface area contributed by atoms with E-state index in [2.05, 4.69) is 5.32 Å². The van der Waals surface area contributed by atoms with E-state index in [0.717, 1.165) is 0 Å². The fourth-order valence-corrected chi connectivity index (χ4v) is 1.95. The average molecular weight is 273 g/mol. The van der Waals surface area contributed by atoms with Crippen molar-refractivity contribution in [2.24, 2.45) is 10.9 Å². The van der Waals surface area contributed by atoms with Crippen molar-refractivity contribution in [1.82, 2.24) is 0 Å². The van der Waals surface area contributed by atoms with E-state index in [4.69, 9.17) is 15.6 Å². The molecule has 8 heteroatoms. The zero-order valence-corrected chi connectivity index (χ0v) is 10.4. The Morgan fingerprint density at radius 1 is 1.33 bits per heavy atom. The van der Waals surface area contributed by atoms with E-state index in [1.54, 1.807) is 6.07 Å². The number of carbonyl (C=O) groups excluding carboxylic acids is 1. The van der Waals surface area contributed by atoms with E-state index >= 15 is 0 Å². The SMILES string of the molecule is NCCOCC(=O)Nc1ccccc1S(N)(=O)=O. The number of ether oxygens (including phenoxy) is 1. The first kappa shape index (κ1) is 14.6. The van der Waals surface area contributed by atoms with Gasteiger partial charge in [0.2, 0.25) is 15.9 Å². The van der Waals surface area contributed by atoms with Crippen LogP contribution >= 0.6 is 0 Å². The van der Waals surface area contributed by atoms with Gasteiger partial charge in [0.15, 0.2) is 0 Å². The van der Waals surface area contributed by atoms with Crippen LogP contribution in [-0.4, -0.2) is 34.1 Å². The Kier molecular flexibility index (Phi) is 5.23. The molecular formula is C10H15N3O4S. The van der Waals surface area contributed by atoms with Crippen LogP contribution in [0.15, 0.2) is 29.2 Å². The molecule has 0 saturated carbocycles. The van der Waals surface area contributed by atoms with Crippen LogP contribution in [0, 0.1) is 0 Å². The van der Waals surface area contributed by atoms with Gasteiger partial charge in [0.25, 0.3) is 0 Å². The van der Waals surface area contributed by atoms with E-state index in [0.29, 0.717) is 6.54 Å². The standard InChI is InChI=1S/C10H15N3O4S/c11-5-6-17-7-10(14)13-8-3-1-2-4-9(8)18(12,15)16/h1-4H,5-7,11H2,(H,13,14)(H2,12,15,16). The number of sulfonamides is 1. The molecule has 0 saturated heterocycles. The molecule has 5 N–H and O–H groups in total. The van der Waals surface area contributed by atoms with Gasteiger partial charge in [-0.15, -0.1) is 0 Å². The van der Waals surface area contributed by atoms with Crippen molar-refractivity contribution >= 4 is 21.6 Å². The second kappa shape index (κ2) is 6.45. The maximum atomic E-state index is 11.5. The summed E-state index contributed by atoms with van der Waals surface area (Å²) in [7, 11) is -3.88. The number of nitrogens with one attached hydrogen (secondary N) is 1. The predicted octanol–water partition coefficient (Wildman–Crippen LogP) is -0.752. The summed E-state index contributed by atoms with van der Waals surface area (Å²) in [5.41, 5.74) is 5.32. The highest BCUT2D eigenvalue weighted by Crippen LogP contribution is 2.18. The molecular weight excluding hydrogens is 258 g/mol. The quantitative estimate of drug-likeness (QED) is 0.588. The number of para-hydroxylation sites is 1. The maximum absolute atomic E-state index is 11.5. The Balaban J connectivity index is 2.76. The lowest BCUT2D eigenvalue weighted by Crippen LogP contribution is -2.23. The summed E-state index contributed by atoms with van der Waals surface area (Å²) < 4.78 is 27.5. The topological polar surface area (TPSA) is 125 Å². The Bertz CT molecular complexity index is 516. The molecule has 0 aliphatic rings. The molecule has 18 heavy (non-hydrogen) atoms. The molecule has 0 heterocycles. The van der Waals surface area contributed by atoms with Crippen LogP contribution in [0.5, 0.6) is 0 Å². The first-order valence-electron chi connectivity index (χ1n) is 5.14.